The quantitative estimate of drug-likeness (QED) is 0.0808. The second kappa shape index (κ2) is 20.1. The Morgan fingerprint density at radius 3 is 1.10 bits per heavy atom. The molecular weight excluding hydrogens is 983 g/mol. The van der Waals surface area contributed by atoms with Gasteiger partial charge in [-0.15, -0.1) is 0 Å². The molecular formula is C46H66Cl2N12O12. The minimum absolute atomic E-state index is 0.0979. The van der Waals surface area contributed by atoms with Crippen LogP contribution >= 0.6 is 23.2 Å². The number of fused-ring (bicyclic) bond motifs is 2. The van der Waals surface area contributed by atoms with Crippen LogP contribution in [0.5, 0.6) is 0 Å². The van der Waals surface area contributed by atoms with E-state index in [4.69, 9.17) is 42.1 Å². The Kier molecular flexibility index (Phi) is 15.2. The third kappa shape index (κ3) is 12.2. The Morgan fingerprint density at radius 1 is 0.528 bits per heavy atom. The Balaban J connectivity index is 1.04. The molecule has 8 atom stereocenters. The topological polar surface area (TPSA) is 304 Å². The van der Waals surface area contributed by atoms with Crippen molar-refractivity contribution in [2.24, 2.45) is 0 Å². The number of nitrogens with zero attached hydrogens (tertiary/aromatic N) is 10. The van der Waals surface area contributed by atoms with Crippen molar-refractivity contribution in [1.29, 1.82) is 0 Å². The second-order valence-corrected chi connectivity index (χ2v) is 23.2. The molecule has 4 heterocycles. The Morgan fingerprint density at radius 2 is 0.819 bits per heavy atom. The lowest BCUT2D eigenvalue weighted by Gasteiger charge is -2.33. The highest BCUT2D eigenvalue weighted by Crippen LogP contribution is 2.40. The number of hydrogen-bond acceptors (Lipinski definition) is 20. The number of imidazole rings is 2. The fourth-order valence-corrected chi connectivity index (χ4v) is 9.54. The number of aliphatic hydroxyl groups excluding tert-OH is 4. The number of nitrogens with one attached hydrogen (secondary N) is 2. The van der Waals surface area contributed by atoms with Gasteiger partial charge >= 0.3 is 24.4 Å². The number of imide groups is 2. The number of carbonyl (C=O) groups excluding carboxylic acids is 4. The number of amides is 4. The maximum Gasteiger partial charge on any atom is 0.420 e. The van der Waals surface area contributed by atoms with Crippen LogP contribution in [-0.2, 0) is 18.9 Å². The van der Waals surface area contributed by atoms with Gasteiger partial charge in [0, 0.05) is 12.1 Å². The first-order valence-electron chi connectivity index (χ1n) is 23.8. The van der Waals surface area contributed by atoms with Gasteiger partial charge in [0.05, 0.1) is 36.8 Å². The molecule has 6 N–H and O–H groups in total. The molecule has 72 heavy (non-hydrogen) atoms. The summed E-state index contributed by atoms with van der Waals surface area (Å²) in [5, 5.41) is 52.3. The third-order valence-electron chi connectivity index (χ3n) is 12.2. The van der Waals surface area contributed by atoms with Gasteiger partial charge < -0.3 is 59.1 Å². The number of rotatable bonds is 8. The van der Waals surface area contributed by atoms with Gasteiger partial charge in [-0.1, -0.05) is 0 Å². The highest BCUT2D eigenvalue weighted by Gasteiger charge is 2.52. The molecule has 0 aromatic carbocycles. The molecule has 3 saturated carbocycles. The van der Waals surface area contributed by atoms with Crippen LogP contribution in [0, 0.1) is 0 Å². The van der Waals surface area contributed by atoms with Gasteiger partial charge in [0.15, 0.2) is 34.0 Å². The zero-order valence-electron chi connectivity index (χ0n) is 42.5. The van der Waals surface area contributed by atoms with Crippen molar-refractivity contribution in [2.75, 3.05) is 10.6 Å². The zero-order valence-corrected chi connectivity index (χ0v) is 44.0. The number of carbonyl (C=O) groups is 4. The number of ether oxygens (including phenoxy) is 4. The van der Waals surface area contributed by atoms with E-state index in [-0.39, 0.29) is 46.8 Å². The van der Waals surface area contributed by atoms with Crippen LogP contribution in [-0.4, -0.2) is 165 Å². The van der Waals surface area contributed by atoms with Crippen molar-refractivity contribution in [3.63, 3.8) is 0 Å². The van der Waals surface area contributed by atoms with Gasteiger partial charge in [0.1, 0.15) is 46.8 Å². The minimum Gasteiger partial charge on any atom is -0.443 e. The predicted molar refractivity (Wildman–Crippen MR) is 261 cm³/mol. The molecule has 0 bridgehead atoms. The largest absolute Gasteiger partial charge is 0.443 e. The molecule has 4 aromatic rings. The van der Waals surface area contributed by atoms with Crippen molar-refractivity contribution in [2.45, 2.75) is 205 Å². The minimum atomic E-state index is -1.59. The molecule has 3 fully saturated rings. The smallest absolute Gasteiger partial charge is 0.420 e. The third-order valence-corrected chi connectivity index (χ3v) is 12.5. The summed E-state index contributed by atoms with van der Waals surface area (Å²) < 4.78 is 25.2. The van der Waals surface area contributed by atoms with Crippen molar-refractivity contribution < 1.29 is 58.6 Å². The van der Waals surface area contributed by atoms with Gasteiger partial charge in [0.25, 0.3) is 0 Å². The summed E-state index contributed by atoms with van der Waals surface area (Å²) >= 11 is 13.0. The molecule has 0 aliphatic heterocycles. The standard InChI is InChI=1S/C46H66Cl2N12O12/c1-43(2,3)69-39(65)59(40(66)70-44(4,5)6)25-17-23(29(61)31(25)63)57-19-49-27-33(53-37(47)55-35(27)57)51-21-13-15-22(16-14-21)52-34-28-36(56-38(48)54-34)58(20-50-28)24-18-26(32(64)30(24)62)60(41(67)71-45(7,8)9)42(68)72-46(10,11)12/h19-26,29-32,61-64H,13-18H2,1-12H3,(H,51,53,55)(H,52,54,56)/t21?,22?,23-,24-,25+,26+,29+,30+,31-,32-/m1/s1. The van der Waals surface area contributed by atoms with Crippen molar-refractivity contribution in [3.8, 4) is 0 Å². The molecule has 24 nitrogen and oxygen atoms in total. The fourth-order valence-electron chi connectivity index (χ4n) is 9.21. The van der Waals surface area contributed by atoms with E-state index in [0.29, 0.717) is 58.2 Å². The number of aromatic nitrogens is 8. The maximum atomic E-state index is 13.5. The summed E-state index contributed by atoms with van der Waals surface area (Å²) in [7, 11) is 0. The van der Waals surface area contributed by atoms with E-state index in [9.17, 15) is 39.6 Å². The first-order chi connectivity index (χ1) is 33.3. The van der Waals surface area contributed by atoms with Gasteiger partial charge in [-0.2, -0.15) is 19.9 Å². The van der Waals surface area contributed by atoms with Crippen LogP contribution in [0.4, 0.5) is 30.8 Å². The molecule has 3 aliphatic rings. The Hall–Kier alpha value is -5.40. The summed E-state index contributed by atoms with van der Waals surface area (Å²) in [5.74, 6) is 0.677. The molecule has 0 spiro atoms. The van der Waals surface area contributed by atoms with Crippen LogP contribution in [0.15, 0.2) is 12.7 Å². The molecule has 0 radical (unpaired) electrons. The van der Waals surface area contributed by atoms with Gasteiger partial charge in [-0.25, -0.2) is 38.9 Å². The first kappa shape index (κ1) is 54.4. The average Bonchev–Trinajstić information content (AvgIpc) is 3.98. The number of hydrogen-bond donors (Lipinski definition) is 6. The SMILES string of the molecule is CC(C)(C)OC(=O)N(C(=O)OC(C)(C)C)[C@H]1C[C@@H](n2cnc3c(NC4CCC(Nc5nc(Cl)nc6c5ncn6[C@@H]5C[C@H](N(C(=O)OC(C)(C)C)C(=O)OC(C)(C)C)[C@@H](O)[C@H]5O)CC4)nc(Cl)nc32)[C@H](O)[C@@H]1O. The zero-order chi connectivity index (χ0) is 53.2. The van der Waals surface area contributed by atoms with E-state index in [1.807, 2.05) is 0 Å². The molecule has 4 aromatic heterocycles. The van der Waals surface area contributed by atoms with E-state index in [1.54, 1.807) is 83.1 Å². The molecule has 3 aliphatic carbocycles. The van der Waals surface area contributed by atoms with E-state index >= 15 is 0 Å². The summed E-state index contributed by atoms with van der Waals surface area (Å²) in [6, 6.07) is -4.51. The second-order valence-electron chi connectivity index (χ2n) is 22.5. The van der Waals surface area contributed by atoms with Crippen molar-refractivity contribution in [1.82, 2.24) is 48.8 Å². The van der Waals surface area contributed by atoms with Crippen LogP contribution in [0.1, 0.15) is 134 Å². The van der Waals surface area contributed by atoms with Crippen LogP contribution in [0.2, 0.25) is 10.6 Å². The summed E-state index contributed by atoms with van der Waals surface area (Å²) in [4.78, 5) is 82.1. The molecule has 0 saturated heterocycles. The lowest BCUT2D eigenvalue weighted by Crippen LogP contribution is -2.52. The summed E-state index contributed by atoms with van der Waals surface area (Å²) in [6.07, 6.45) is -5.04. The molecule has 396 valence electrons. The van der Waals surface area contributed by atoms with Crippen LogP contribution < -0.4 is 10.6 Å². The lowest BCUT2D eigenvalue weighted by molar-refractivity contribution is -0.0361. The normalized spacial score (nSPS) is 26.1. The number of halogens is 2. The van der Waals surface area contributed by atoms with Crippen LogP contribution in [0.25, 0.3) is 22.3 Å². The average molecular weight is 1050 g/mol. The number of aliphatic hydroxyl groups is 4. The van der Waals surface area contributed by atoms with Gasteiger partial charge in [-0.05, 0) is 145 Å². The lowest BCUT2D eigenvalue weighted by atomic mass is 9.91. The van der Waals surface area contributed by atoms with Crippen molar-refractivity contribution >= 4 is 81.5 Å². The summed E-state index contributed by atoms with van der Waals surface area (Å²) in [5.41, 5.74) is -2.78. The number of anilines is 2. The Labute approximate surface area is 426 Å². The maximum absolute atomic E-state index is 13.5. The molecule has 0 unspecified atom stereocenters. The van der Waals surface area contributed by atoms with E-state index < -0.39 is 95.4 Å². The fraction of sp³-hybridized carbons (Fsp3) is 0.696. The van der Waals surface area contributed by atoms with E-state index in [1.165, 1.54) is 21.8 Å². The highest BCUT2D eigenvalue weighted by molar-refractivity contribution is 6.29. The monoisotopic (exact) mass is 1050 g/mol. The first-order valence-corrected chi connectivity index (χ1v) is 24.6. The van der Waals surface area contributed by atoms with Crippen LogP contribution in [0.3, 0.4) is 0 Å². The van der Waals surface area contributed by atoms with Gasteiger partial charge in [0.2, 0.25) is 10.6 Å². The molecule has 4 amide bonds. The predicted octanol–water partition coefficient (Wildman–Crippen LogP) is 6.52. The van der Waals surface area contributed by atoms with E-state index in [2.05, 4.69) is 40.5 Å². The van der Waals surface area contributed by atoms with E-state index in [0.717, 1.165) is 0 Å². The Bertz CT molecular complexity index is 2430. The highest BCUT2D eigenvalue weighted by atomic mass is 35.5. The molecule has 7 rings (SSSR count). The van der Waals surface area contributed by atoms with Gasteiger partial charge in [-0.3, -0.25) is 0 Å². The summed E-state index contributed by atoms with van der Waals surface area (Å²) in [6.45, 7) is 19.7. The molecule has 26 heteroatoms. The van der Waals surface area contributed by atoms with Crippen molar-refractivity contribution in [3.05, 3.63) is 23.2 Å².